The Morgan fingerprint density at radius 3 is 2.07 bits per heavy atom. The van der Waals surface area contributed by atoms with Crippen LogP contribution in [-0.4, -0.2) is 44.5 Å². The van der Waals surface area contributed by atoms with Gasteiger partial charge in [-0.1, -0.05) is 0 Å². The Morgan fingerprint density at radius 1 is 1.00 bits per heavy atom. The minimum absolute atomic E-state index is 0.101. The Kier molecular flexibility index (Phi) is 5.41. The van der Waals surface area contributed by atoms with Crippen LogP contribution in [0.25, 0.3) is 0 Å². The first-order valence-corrected chi connectivity index (χ1v) is 8.65. The number of fused-ring (bicyclic) bond motifs is 2. The highest BCUT2D eigenvalue weighted by atomic mass is 16.7. The quantitative estimate of drug-likeness (QED) is 0.539. The molecule has 0 amide bonds. The lowest BCUT2D eigenvalue weighted by molar-refractivity contribution is -0.155. The van der Waals surface area contributed by atoms with Crippen LogP contribution in [0.5, 0.6) is 0 Å². The molecule has 7 nitrogen and oxygen atoms in total. The minimum atomic E-state index is -0.800. The summed E-state index contributed by atoms with van der Waals surface area (Å²) in [6.07, 6.45) is 6.19. The van der Waals surface area contributed by atoms with E-state index in [0.717, 1.165) is 5.57 Å². The van der Waals surface area contributed by atoms with Crippen LogP contribution in [-0.2, 0) is 33.3 Å². The first-order valence-electron chi connectivity index (χ1n) is 8.65. The summed E-state index contributed by atoms with van der Waals surface area (Å²) in [7, 11) is 1.45. The summed E-state index contributed by atoms with van der Waals surface area (Å²) in [6.45, 7) is 3.73. The Balaban J connectivity index is 2.15. The fraction of sp³-hybridized carbons (Fsp3) is 0.350. The molecule has 0 aromatic heterocycles. The number of hydrogen-bond acceptors (Lipinski definition) is 7. The zero-order valence-electron chi connectivity index (χ0n) is 15.4. The van der Waals surface area contributed by atoms with E-state index < -0.39 is 24.2 Å². The second-order valence-corrected chi connectivity index (χ2v) is 6.01. The summed E-state index contributed by atoms with van der Waals surface area (Å²) in [5, 5.41) is 0. The zero-order valence-corrected chi connectivity index (χ0v) is 15.4. The van der Waals surface area contributed by atoms with E-state index in [9.17, 15) is 14.4 Å². The van der Waals surface area contributed by atoms with Crippen LogP contribution in [0.1, 0.15) is 20.3 Å². The lowest BCUT2D eigenvalue weighted by Gasteiger charge is -2.11. The Labute approximate surface area is 156 Å². The van der Waals surface area contributed by atoms with Gasteiger partial charge in [-0.15, -0.1) is 0 Å². The largest absolute Gasteiger partial charge is 0.462 e. The van der Waals surface area contributed by atoms with E-state index in [0.29, 0.717) is 23.1 Å². The fourth-order valence-electron chi connectivity index (χ4n) is 3.12. The smallest absolute Gasteiger partial charge is 0.341 e. The SMILES string of the molecule is CCOC(=O)C1=CC2=CC3=C(C=C(C=C1C(=O)OCC)C2)[C@@H](OC)OC3=O. The molecule has 3 rings (SSSR count). The first kappa shape index (κ1) is 18.8. The molecule has 2 bridgehead atoms. The van der Waals surface area contributed by atoms with Crippen LogP contribution in [0.15, 0.2) is 57.7 Å². The average Bonchev–Trinajstić information content (AvgIpc) is 2.80. The number of esters is 3. The summed E-state index contributed by atoms with van der Waals surface area (Å²) >= 11 is 0. The van der Waals surface area contributed by atoms with Crippen molar-refractivity contribution in [3.05, 3.63) is 57.7 Å². The molecule has 1 atom stereocenters. The van der Waals surface area contributed by atoms with Gasteiger partial charge in [0.1, 0.15) is 0 Å². The number of allylic oxidation sites excluding steroid dienone is 4. The number of hydrogen-bond donors (Lipinski definition) is 0. The van der Waals surface area contributed by atoms with E-state index in [1.165, 1.54) is 7.11 Å². The van der Waals surface area contributed by atoms with Crippen LogP contribution in [0.4, 0.5) is 0 Å². The highest BCUT2D eigenvalue weighted by Gasteiger charge is 2.35. The molecule has 0 unspecified atom stereocenters. The van der Waals surface area contributed by atoms with Crippen LogP contribution >= 0.6 is 0 Å². The summed E-state index contributed by atoms with van der Waals surface area (Å²) in [6, 6.07) is 0. The molecule has 142 valence electrons. The third kappa shape index (κ3) is 3.64. The summed E-state index contributed by atoms with van der Waals surface area (Å²) < 4.78 is 20.6. The van der Waals surface area contributed by atoms with Crippen molar-refractivity contribution in [2.24, 2.45) is 0 Å². The number of rotatable bonds is 5. The Hall–Kier alpha value is -2.93. The first-order chi connectivity index (χ1) is 13.0. The topological polar surface area (TPSA) is 88.1 Å². The van der Waals surface area contributed by atoms with E-state index in [1.807, 2.05) is 0 Å². The molecule has 0 aromatic rings. The normalized spacial score (nSPS) is 21.0. The maximum absolute atomic E-state index is 12.4. The molecule has 0 saturated carbocycles. The third-order valence-corrected chi connectivity index (χ3v) is 4.23. The summed E-state index contributed by atoms with van der Waals surface area (Å²) in [5.41, 5.74) is 2.58. The summed E-state index contributed by atoms with van der Waals surface area (Å²) in [4.78, 5) is 37.0. The van der Waals surface area contributed by atoms with Gasteiger partial charge in [-0.05, 0) is 55.7 Å². The molecule has 1 aliphatic heterocycles. The molecule has 27 heavy (non-hydrogen) atoms. The van der Waals surface area contributed by atoms with E-state index in [4.69, 9.17) is 18.9 Å². The van der Waals surface area contributed by atoms with Gasteiger partial charge < -0.3 is 18.9 Å². The monoisotopic (exact) mass is 372 g/mol. The highest BCUT2D eigenvalue weighted by molar-refractivity contribution is 6.08. The molecule has 0 spiro atoms. The number of cyclic esters (lactones) is 1. The van der Waals surface area contributed by atoms with Crippen molar-refractivity contribution in [3.8, 4) is 0 Å². The molecule has 1 heterocycles. The van der Waals surface area contributed by atoms with E-state index in [2.05, 4.69) is 0 Å². The van der Waals surface area contributed by atoms with Gasteiger partial charge >= 0.3 is 17.9 Å². The van der Waals surface area contributed by atoms with Gasteiger partial charge in [0.05, 0.1) is 29.9 Å². The van der Waals surface area contributed by atoms with Crippen molar-refractivity contribution < 1.29 is 33.3 Å². The van der Waals surface area contributed by atoms with Crippen LogP contribution in [0, 0.1) is 0 Å². The average molecular weight is 372 g/mol. The fourth-order valence-corrected chi connectivity index (χ4v) is 3.12. The zero-order chi connectivity index (χ0) is 19.6. The van der Waals surface area contributed by atoms with Crippen molar-refractivity contribution in [3.63, 3.8) is 0 Å². The maximum Gasteiger partial charge on any atom is 0.341 e. The van der Waals surface area contributed by atoms with Gasteiger partial charge in [-0.25, -0.2) is 14.4 Å². The molecule has 0 fully saturated rings. The number of carbonyl (C=O) groups excluding carboxylic acids is 3. The van der Waals surface area contributed by atoms with Gasteiger partial charge in [0, 0.05) is 12.7 Å². The molecular weight excluding hydrogens is 352 g/mol. The van der Waals surface area contributed by atoms with Crippen molar-refractivity contribution in [1.82, 2.24) is 0 Å². The van der Waals surface area contributed by atoms with Crippen molar-refractivity contribution >= 4 is 17.9 Å². The number of methoxy groups -OCH3 is 1. The van der Waals surface area contributed by atoms with Gasteiger partial charge in [0.2, 0.25) is 6.29 Å². The van der Waals surface area contributed by atoms with E-state index in [1.54, 1.807) is 38.2 Å². The lowest BCUT2D eigenvalue weighted by Crippen LogP contribution is -2.17. The third-order valence-electron chi connectivity index (χ3n) is 4.23. The molecule has 0 aromatic carbocycles. The molecule has 7 heteroatoms. The van der Waals surface area contributed by atoms with E-state index >= 15 is 0 Å². The second kappa shape index (κ2) is 7.75. The van der Waals surface area contributed by atoms with Crippen molar-refractivity contribution in [2.45, 2.75) is 26.6 Å². The molecule has 2 aliphatic carbocycles. The lowest BCUT2D eigenvalue weighted by atomic mass is 10.0. The van der Waals surface area contributed by atoms with Crippen LogP contribution in [0.3, 0.4) is 0 Å². The van der Waals surface area contributed by atoms with Gasteiger partial charge in [0.25, 0.3) is 0 Å². The Morgan fingerprint density at radius 2 is 1.56 bits per heavy atom. The molecule has 3 aliphatic rings. The van der Waals surface area contributed by atoms with E-state index in [-0.39, 0.29) is 24.4 Å². The maximum atomic E-state index is 12.4. The van der Waals surface area contributed by atoms with Gasteiger partial charge in [-0.3, -0.25) is 0 Å². The number of carbonyl (C=O) groups is 3. The molecule has 0 radical (unpaired) electrons. The predicted molar refractivity (Wildman–Crippen MR) is 94.1 cm³/mol. The van der Waals surface area contributed by atoms with Crippen LogP contribution in [0.2, 0.25) is 0 Å². The predicted octanol–water partition coefficient (Wildman–Crippen LogP) is 2.06. The van der Waals surface area contributed by atoms with Gasteiger partial charge in [0.15, 0.2) is 0 Å². The van der Waals surface area contributed by atoms with Crippen LogP contribution < -0.4 is 0 Å². The van der Waals surface area contributed by atoms with Gasteiger partial charge in [-0.2, -0.15) is 0 Å². The summed E-state index contributed by atoms with van der Waals surface area (Å²) in [5.74, 6) is -1.73. The standard InChI is InChI=1S/C20H20O7/c1-4-25-17(21)13-7-11-6-12(8-14(13)18(22)26-5-2)10-16-15(9-11)19(23)27-20(16)24-3/h7-10,20H,4-6H2,1-3H3/t20-/m0/s1. The molecular formula is C20H20O7. The minimum Gasteiger partial charge on any atom is -0.462 e. The highest BCUT2D eigenvalue weighted by Crippen LogP contribution is 2.36. The Bertz CT molecular complexity index is 852. The molecule has 0 N–H and O–H groups in total. The van der Waals surface area contributed by atoms with Crippen molar-refractivity contribution in [1.29, 1.82) is 0 Å². The molecule has 0 saturated heterocycles. The second-order valence-electron chi connectivity index (χ2n) is 6.01. The van der Waals surface area contributed by atoms with Crippen molar-refractivity contribution in [2.75, 3.05) is 20.3 Å². The number of ether oxygens (including phenoxy) is 4.